The van der Waals surface area contributed by atoms with Crippen LogP contribution in [0.2, 0.25) is 0 Å². The lowest BCUT2D eigenvalue weighted by Crippen LogP contribution is -2.36. The molecule has 0 aromatic heterocycles. The van der Waals surface area contributed by atoms with Crippen LogP contribution in [0, 0.1) is 0 Å². The van der Waals surface area contributed by atoms with Crippen LogP contribution in [-0.4, -0.2) is 35.2 Å². The molecule has 0 saturated heterocycles. The highest BCUT2D eigenvalue weighted by molar-refractivity contribution is 7.79. The number of carbonyl (C=O) groups excluding carboxylic acids is 2. The first-order valence-corrected chi connectivity index (χ1v) is 4.73. The van der Waals surface area contributed by atoms with Gasteiger partial charge in [-0.05, 0) is 12.1 Å². The van der Waals surface area contributed by atoms with E-state index in [4.69, 9.17) is 0 Å². The minimum atomic E-state index is -0.466. The van der Waals surface area contributed by atoms with Crippen LogP contribution in [0.1, 0.15) is 10.4 Å². The highest BCUT2D eigenvalue weighted by atomic mass is 32.1. The zero-order valence-corrected chi connectivity index (χ0v) is 9.44. The minimum Gasteiger partial charge on any atom is -0.330 e. The van der Waals surface area contributed by atoms with Crippen molar-refractivity contribution in [3.63, 3.8) is 0 Å². The van der Waals surface area contributed by atoms with Crippen LogP contribution < -0.4 is 0 Å². The fourth-order valence-corrected chi connectivity index (χ4v) is 1.27. The molecule has 0 bridgehead atoms. The van der Waals surface area contributed by atoms with Gasteiger partial charge in [0, 0.05) is 19.7 Å². The molecule has 0 N–H and O–H groups in total. The molecule has 4 nitrogen and oxygen atoms in total. The third-order valence-electron chi connectivity index (χ3n) is 1.78. The third-order valence-corrected chi connectivity index (χ3v) is 2.13. The smallest absolute Gasteiger partial charge is 0.330 e. The number of rotatable bonds is 1. The van der Waals surface area contributed by atoms with Crippen molar-refractivity contribution in [3.8, 4) is 0 Å². The van der Waals surface area contributed by atoms with E-state index in [1.165, 1.54) is 4.90 Å². The Morgan fingerprint density at radius 3 is 2.13 bits per heavy atom. The molecular weight excluding hydrogens is 212 g/mol. The van der Waals surface area contributed by atoms with Gasteiger partial charge in [-0.15, -0.1) is 0 Å². The molecule has 15 heavy (non-hydrogen) atoms. The molecule has 0 aliphatic carbocycles. The number of urea groups is 1. The summed E-state index contributed by atoms with van der Waals surface area (Å²) in [6.45, 7) is 0. The molecule has 1 rings (SSSR count). The van der Waals surface area contributed by atoms with Crippen molar-refractivity contribution in [1.29, 1.82) is 0 Å². The Morgan fingerprint density at radius 2 is 1.67 bits per heavy atom. The van der Waals surface area contributed by atoms with Crippen molar-refractivity contribution in [1.82, 2.24) is 9.21 Å². The quantitative estimate of drug-likeness (QED) is 0.737. The summed E-state index contributed by atoms with van der Waals surface area (Å²) < 4.78 is 0.787. The van der Waals surface area contributed by atoms with Gasteiger partial charge in [-0.3, -0.25) is 4.79 Å². The lowest BCUT2D eigenvalue weighted by atomic mass is 10.2. The molecule has 0 aliphatic rings. The summed E-state index contributed by atoms with van der Waals surface area (Å²) in [5.41, 5.74) is 0.433. The summed E-state index contributed by atoms with van der Waals surface area (Å²) in [5, 5.41) is 0. The van der Waals surface area contributed by atoms with Gasteiger partial charge in [0.1, 0.15) is 0 Å². The second kappa shape index (κ2) is 4.84. The van der Waals surface area contributed by atoms with Gasteiger partial charge in [0.25, 0.3) is 5.91 Å². The second-order valence-electron chi connectivity index (χ2n) is 3.16. The SMILES string of the molecule is CN(C)C(=O)N(S)C(=O)c1ccccc1. The van der Waals surface area contributed by atoms with Gasteiger partial charge in [0.15, 0.2) is 0 Å². The number of imide groups is 1. The van der Waals surface area contributed by atoms with Gasteiger partial charge in [0.2, 0.25) is 0 Å². The van der Waals surface area contributed by atoms with Crippen molar-refractivity contribution in [2.75, 3.05) is 14.1 Å². The lowest BCUT2D eigenvalue weighted by Gasteiger charge is -2.18. The highest BCUT2D eigenvalue weighted by Gasteiger charge is 2.20. The molecule has 0 atom stereocenters. The van der Waals surface area contributed by atoms with E-state index in [9.17, 15) is 9.59 Å². The first-order valence-electron chi connectivity index (χ1n) is 4.33. The number of carbonyl (C=O) groups is 2. The number of amides is 3. The molecular formula is C10H12N2O2S. The Labute approximate surface area is 94.0 Å². The Morgan fingerprint density at radius 1 is 1.13 bits per heavy atom. The van der Waals surface area contributed by atoms with E-state index < -0.39 is 11.9 Å². The summed E-state index contributed by atoms with van der Waals surface area (Å²) in [4.78, 5) is 24.4. The maximum Gasteiger partial charge on any atom is 0.336 e. The van der Waals surface area contributed by atoms with Gasteiger partial charge in [-0.2, -0.15) is 0 Å². The predicted octanol–water partition coefficient (Wildman–Crippen LogP) is 1.66. The number of hydrogen-bond acceptors (Lipinski definition) is 3. The van der Waals surface area contributed by atoms with E-state index in [1.54, 1.807) is 44.4 Å². The topological polar surface area (TPSA) is 40.6 Å². The maximum atomic E-state index is 11.7. The first kappa shape index (κ1) is 11.6. The zero-order valence-electron chi connectivity index (χ0n) is 8.54. The summed E-state index contributed by atoms with van der Waals surface area (Å²) >= 11 is 3.86. The summed E-state index contributed by atoms with van der Waals surface area (Å²) in [6, 6.07) is 8.06. The second-order valence-corrected chi connectivity index (χ2v) is 3.56. The average molecular weight is 224 g/mol. The zero-order chi connectivity index (χ0) is 11.4. The predicted molar refractivity (Wildman–Crippen MR) is 60.7 cm³/mol. The fourth-order valence-electron chi connectivity index (χ4n) is 0.979. The minimum absolute atomic E-state index is 0.433. The summed E-state index contributed by atoms with van der Waals surface area (Å²) in [6.07, 6.45) is 0. The van der Waals surface area contributed by atoms with Crippen LogP contribution >= 0.6 is 12.8 Å². The molecule has 1 aromatic carbocycles. The van der Waals surface area contributed by atoms with Crippen LogP contribution in [0.5, 0.6) is 0 Å². The van der Waals surface area contributed by atoms with E-state index >= 15 is 0 Å². The van der Waals surface area contributed by atoms with E-state index in [0.29, 0.717) is 5.56 Å². The third kappa shape index (κ3) is 2.73. The van der Waals surface area contributed by atoms with Crippen LogP contribution in [0.4, 0.5) is 4.79 Å². The number of benzene rings is 1. The molecule has 0 heterocycles. The first-order chi connectivity index (χ1) is 7.04. The monoisotopic (exact) mass is 224 g/mol. The van der Waals surface area contributed by atoms with Crippen molar-refractivity contribution in [3.05, 3.63) is 35.9 Å². The van der Waals surface area contributed by atoms with Crippen LogP contribution in [-0.2, 0) is 0 Å². The van der Waals surface area contributed by atoms with Crippen molar-refractivity contribution in [2.45, 2.75) is 0 Å². The van der Waals surface area contributed by atoms with Gasteiger partial charge >= 0.3 is 6.03 Å². The highest BCUT2D eigenvalue weighted by Crippen LogP contribution is 2.08. The molecule has 3 amide bonds. The molecule has 0 fully saturated rings. The number of thiol groups is 1. The molecule has 1 aromatic rings. The van der Waals surface area contributed by atoms with E-state index in [0.717, 1.165) is 4.31 Å². The Bertz CT molecular complexity index is 365. The molecule has 5 heteroatoms. The van der Waals surface area contributed by atoms with Gasteiger partial charge in [-0.1, -0.05) is 31.0 Å². The molecule has 0 radical (unpaired) electrons. The molecule has 80 valence electrons. The normalized spacial score (nSPS) is 9.53. The Hall–Kier alpha value is -1.49. The standard InChI is InChI=1S/C10H12N2O2S/c1-11(2)10(14)12(15)9(13)8-6-4-3-5-7-8/h3-7,15H,1-2H3. The van der Waals surface area contributed by atoms with Crippen LogP contribution in [0.15, 0.2) is 30.3 Å². The summed E-state index contributed by atoms with van der Waals surface area (Å²) in [7, 11) is 3.12. The Kier molecular flexibility index (Phi) is 3.74. The van der Waals surface area contributed by atoms with Crippen LogP contribution in [0.25, 0.3) is 0 Å². The van der Waals surface area contributed by atoms with E-state index in [-0.39, 0.29) is 0 Å². The van der Waals surface area contributed by atoms with Gasteiger partial charge in [0.05, 0.1) is 0 Å². The average Bonchev–Trinajstić information content (AvgIpc) is 2.27. The Balaban J connectivity index is 2.82. The van der Waals surface area contributed by atoms with Gasteiger partial charge in [-0.25, -0.2) is 9.10 Å². The van der Waals surface area contributed by atoms with Crippen LogP contribution in [0.3, 0.4) is 0 Å². The molecule has 0 saturated carbocycles. The molecule has 0 spiro atoms. The largest absolute Gasteiger partial charge is 0.336 e. The van der Waals surface area contributed by atoms with Crippen molar-refractivity contribution < 1.29 is 9.59 Å². The lowest BCUT2D eigenvalue weighted by molar-refractivity contribution is 0.0882. The number of nitrogens with zero attached hydrogens (tertiary/aromatic N) is 2. The van der Waals surface area contributed by atoms with Crippen molar-refractivity contribution in [2.24, 2.45) is 0 Å². The van der Waals surface area contributed by atoms with E-state index in [2.05, 4.69) is 12.8 Å². The maximum absolute atomic E-state index is 11.7. The summed E-state index contributed by atoms with van der Waals surface area (Å²) in [5.74, 6) is -0.433. The van der Waals surface area contributed by atoms with E-state index in [1.807, 2.05) is 0 Å². The molecule has 0 unspecified atom stereocenters. The number of hydrogen-bond donors (Lipinski definition) is 1. The molecule has 0 aliphatic heterocycles. The fraction of sp³-hybridized carbons (Fsp3) is 0.200. The van der Waals surface area contributed by atoms with Crippen molar-refractivity contribution >= 4 is 24.8 Å². The van der Waals surface area contributed by atoms with Gasteiger partial charge < -0.3 is 4.90 Å².